The number of nitrogens with one attached hydrogen (secondary N) is 1. The molecule has 4 rings (SSSR count). The van der Waals surface area contributed by atoms with E-state index in [0.717, 1.165) is 47.1 Å². The van der Waals surface area contributed by atoms with Crippen molar-refractivity contribution in [3.05, 3.63) is 54.0 Å². The number of nitrogens with zero attached hydrogens (tertiary/aromatic N) is 6. The maximum absolute atomic E-state index is 4.88. The molecule has 0 saturated heterocycles. The highest BCUT2D eigenvalue weighted by atomic mass is 15.2. The number of imidazole rings is 1. The zero-order chi connectivity index (χ0) is 20.5. The van der Waals surface area contributed by atoms with Crippen molar-refractivity contribution in [1.29, 1.82) is 0 Å². The Kier molecular flexibility index (Phi) is 5.07. The summed E-state index contributed by atoms with van der Waals surface area (Å²) in [6.07, 6.45) is 3.62. The van der Waals surface area contributed by atoms with Gasteiger partial charge in [-0.15, -0.1) is 0 Å². The minimum Gasteiger partial charge on any atom is -0.358 e. The SMILES string of the molecule is Cc1cccc(C)c1Nc1nc2ccc(N(C)CCN(C)C)nc2n2cncc12. The van der Waals surface area contributed by atoms with E-state index in [0.29, 0.717) is 0 Å². The predicted molar refractivity (Wildman–Crippen MR) is 119 cm³/mol. The van der Waals surface area contributed by atoms with Crippen LogP contribution in [0.5, 0.6) is 0 Å². The maximum atomic E-state index is 4.88. The van der Waals surface area contributed by atoms with Gasteiger partial charge < -0.3 is 15.1 Å². The fourth-order valence-electron chi connectivity index (χ4n) is 3.41. The molecule has 0 bridgehead atoms. The summed E-state index contributed by atoms with van der Waals surface area (Å²) >= 11 is 0. The van der Waals surface area contributed by atoms with Gasteiger partial charge in [0.25, 0.3) is 0 Å². The molecule has 4 aromatic rings. The third kappa shape index (κ3) is 3.73. The molecule has 1 aromatic carbocycles. The topological polar surface area (TPSA) is 61.6 Å². The molecule has 0 spiro atoms. The standard InChI is InChI=1S/C22H27N7/c1-15-7-6-8-16(2)20(15)26-21-18-13-23-14-29(18)22-17(24-21)9-10-19(25-22)28(5)12-11-27(3)4/h6-10,13-14H,11-12H2,1-5H3,(H,24,26). The number of likely N-dealkylation sites (N-methyl/N-ethyl adjacent to an activating group) is 2. The number of benzene rings is 1. The van der Waals surface area contributed by atoms with Crippen LogP contribution in [0.15, 0.2) is 42.9 Å². The fraction of sp³-hybridized carbons (Fsp3) is 0.318. The van der Waals surface area contributed by atoms with E-state index in [1.807, 2.05) is 22.7 Å². The predicted octanol–water partition coefficient (Wildman–Crippen LogP) is 3.64. The van der Waals surface area contributed by atoms with Gasteiger partial charge in [0, 0.05) is 25.8 Å². The first-order chi connectivity index (χ1) is 13.9. The van der Waals surface area contributed by atoms with E-state index in [1.54, 1.807) is 6.33 Å². The highest BCUT2D eigenvalue weighted by Gasteiger charge is 2.13. The molecule has 0 fully saturated rings. The summed E-state index contributed by atoms with van der Waals surface area (Å²) in [5.41, 5.74) is 5.98. The summed E-state index contributed by atoms with van der Waals surface area (Å²) in [4.78, 5) is 18.4. The first-order valence-electron chi connectivity index (χ1n) is 9.76. The number of fused-ring (bicyclic) bond motifs is 3. The molecule has 3 aromatic heterocycles. The molecule has 0 aliphatic heterocycles. The van der Waals surface area contributed by atoms with E-state index in [4.69, 9.17) is 9.97 Å². The number of rotatable bonds is 6. The van der Waals surface area contributed by atoms with Gasteiger partial charge in [0.1, 0.15) is 23.2 Å². The molecule has 0 amide bonds. The first-order valence-corrected chi connectivity index (χ1v) is 9.76. The van der Waals surface area contributed by atoms with Crippen molar-refractivity contribution in [2.24, 2.45) is 0 Å². The van der Waals surface area contributed by atoms with Crippen LogP contribution < -0.4 is 10.2 Å². The lowest BCUT2D eigenvalue weighted by Gasteiger charge is -2.21. The lowest BCUT2D eigenvalue weighted by Crippen LogP contribution is -2.29. The average molecular weight is 390 g/mol. The smallest absolute Gasteiger partial charge is 0.166 e. The quantitative estimate of drug-likeness (QED) is 0.543. The second-order valence-corrected chi connectivity index (χ2v) is 7.74. The van der Waals surface area contributed by atoms with Crippen molar-refractivity contribution in [2.45, 2.75) is 13.8 Å². The Morgan fingerprint density at radius 3 is 2.45 bits per heavy atom. The van der Waals surface area contributed by atoms with E-state index >= 15 is 0 Å². The second kappa shape index (κ2) is 7.67. The van der Waals surface area contributed by atoms with Gasteiger partial charge in [0.05, 0.1) is 6.20 Å². The van der Waals surface area contributed by atoms with Gasteiger partial charge in [0.15, 0.2) is 11.5 Å². The summed E-state index contributed by atoms with van der Waals surface area (Å²) in [7, 11) is 6.21. The summed E-state index contributed by atoms with van der Waals surface area (Å²) in [5.74, 6) is 1.70. The van der Waals surface area contributed by atoms with E-state index in [9.17, 15) is 0 Å². The summed E-state index contributed by atoms with van der Waals surface area (Å²) in [5, 5.41) is 3.52. The van der Waals surface area contributed by atoms with Gasteiger partial charge in [-0.2, -0.15) is 0 Å². The van der Waals surface area contributed by atoms with Crippen molar-refractivity contribution in [2.75, 3.05) is 44.4 Å². The molecule has 0 atom stereocenters. The zero-order valence-corrected chi connectivity index (χ0v) is 17.6. The first kappa shape index (κ1) is 19.1. The van der Waals surface area contributed by atoms with E-state index in [1.165, 1.54) is 11.1 Å². The Morgan fingerprint density at radius 1 is 0.966 bits per heavy atom. The molecule has 0 saturated carbocycles. The molecule has 0 radical (unpaired) electrons. The normalized spacial score (nSPS) is 11.5. The van der Waals surface area contributed by atoms with Crippen molar-refractivity contribution < 1.29 is 0 Å². The zero-order valence-electron chi connectivity index (χ0n) is 17.6. The van der Waals surface area contributed by atoms with Gasteiger partial charge in [-0.05, 0) is 51.2 Å². The fourth-order valence-corrected chi connectivity index (χ4v) is 3.41. The number of hydrogen-bond donors (Lipinski definition) is 1. The molecule has 3 heterocycles. The third-order valence-corrected chi connectivity index (χ3v) is 5.18. The van der Waals surface area contributed by atoms with Crippen LogP contribution in [0.2, 0.25) is 0 Å². The molecule has 150 valence electrons. The minimum atomic E-state index is 0.780. The Morgan fingerprint density at radius 2 is 1.72 bits per heavy atom. The molecule has 7 nitrogen and oxygen atoms in total. The monoisotopic (exact) mass is 389 g/mol. The Labute approximate surface area is 171 Å². The largest absolute Gasteiger partial charge is 0.358 e. The van der Waals surface area contributed by atoms with Crippen LogP contribution in [0.4, 0.5) is 17.3 Å². The Hall–Kier alpha value is -3.19. The van der Waals surface area contributed by atoms with Gasteiger partial charge in [-0.1, -0.05) is 18.2 Å². The van der Waals surface area contributed by atoms with Crippen molar-refractivity contribution in [3.8, 4) is 0 Å². The average Bonchev–Trinajstić information content (AvgIpc) is 3.19. The van der Waals surface area contributed by atoms with Crippen LogP contribution in [-0.4, -0.2) is 58.5 Å². The number of anilines is 3. The molecule has 0 aliphatic rings. The molecule has 0 unspecified atom stereocenters. The maximum Gasteiger partial charge on any atom is 0.166 e. The van der Waals surface area contributed by atoms with Crippen LogP contribution in [0.1, 0.15) is 11.1 Å². The highest BCUT2D eigenvalue weighted by molar-refractivity contribution is 5.85. The minimum absolute atomic E-state index is 0.780. The highest BCUT2D eigenvalue weighted by Crippen LogP contribution is 2.28. The van der Waals surface area contributed by atoms with Crippen LogP contribution in [0, 0.1) is 13.8 Å². The number of para-hydroxylation sites is 1. The lowest BCUT2D eigenvalue weighted by molar-refractivity contribution is 0.416. The van der Waals surface area contributed by atoms with Crippen LogP contribution >= 0.6 is 0 Å². The third-order valence-electron chi connectivity index (χ3n) is 5.18. The number of aryl methyl sites for hydroxylation is 2. The second-order valence-electron chi connectivity index (χ2n) is 7.74. The lowest BCUT2D eigenvalue weighted by atomic mass is 10.1. The van der Waals surface area contributed by atoms with Gasteiger partial charge in [-0.3, -0.25) is 4.40 Å². The van der Waals surface area contributed by atoms with Crippen LogP contribution in [0.25, 0.3) is 16.7 Å². The number of hydrogen-bond acceptors (Lipinski definition) is 6. The van der Waals surface area contributed by atoms with E-state index in [2.05, 4.69) is 73.3 Å². The molecule has 7 heteroatoms. The Balaban J connectivity index is 1.77. The van der Waals surface area contributed by atoms with Gasteiger partial charge in [-0.25, -0.2) is 15.0 Å². The van der Waals surface area contributed by atoms with Crippen molar-refractivity contribution >= 4 is 34.0 Å². The van der Waals surface area contributed by atoms with Gasteiger partial charge >= 0.3 is 0 Å². The molecule has 29 heavy (non-hydrogen) atoms. The molecular weight excluding hydrogens is 362 g/mol. The van der Waals surface area contributed by atoms with Crippen LogP contribution in [-0.2, 0) is 0 Å². The van der Waals surface area contributed by atoms with Gasteiger partial charge in [0.2, 0.25) is 0 Å². The summed E-state index contributed by atoms with van der Waals surface area (Å²) < 4.78 is 2.00. The van der Waals surface area contributed by atoms with Crippen LogP contribution in [0.3, 0.4) is 0 Å². The Bertz CT molecular complexity index is 1140. The number of pyridine rings is 1. The van der Waals surface area contributed by atoms with E-state index < -0.39 is 0 Å². The van der Waals surface area contributed by atoms with Crippen molar-refractivity contribution in [1.82, 2.24) is 24.3 Å². The summed E-state index contributed by atoms with van der Waals surface area (Å²) in [6, 6.07) is 10.3. The molecular formula is C22H27N7. The number of aromatic nitrogens is 4. The van der Waals surface area contributed by atoms with E-state index in [-0.39, 0.29) is 0 Å². The molecule has 0 aliphatic carbocycles. The summed E-state index contributed by atoms with van der Waals surface area (Å²) in [6.45, 7) is 6.06. The van der Waals surface area contributed by atoms with Crippen molar-refractivity contribution in [3.63, 3.8) is 0 Å². The molecule has 1 N–H and O–H groups in total.